The summed E-state index contributed by atoms with van der Waals surface area (Å²) < 4.78 is 6.25. The van der Waals surface area contributed by atoms with E-state index in [1.54, 1.807) is 23.2 Å². The molecule has 0 aliphatic rings. The second-order valence-corrected chi connectivity index (χ2v) is 6.68. The summed E-state index contributed by atoms with van der Waals surface area (Å²) in [5, 5.41) is 12.6. The molecule has 8 heteroatoms. The van der Waals surface area contributed by atoms with Crippen molar-refractivity contribution < 1.29 is 9.53 Å². The number of carbonyl (C=O) groups excluding carboxylic acids is 1. The molecule has 0 unspecified atom stereocenters. The number of carbonyl (C=O) groups is 1. The monoisotopic (exact) mass is 393 g/mol. The fourth-order valence-electron chi connectivity index (χ4n) is 2.31. The Morgan fingerprint density at radius 1 is 1.18 bits per heavy atom. The molecule has 2 aromatic carbocycles. The predicted molar refractivity (Wildman–Crippen MR) is 112 cm³/mol. The lowest BCUT2D eigenvalue weighted by atomic mass is 10.2. The molecule has 2 N–H and O–H groups in total. The molecule has 0 radical (unpaired) electrons. The van der Waals surface area contributed by atoms with E-state index in [0.29, 0.717) is 5.17 Å². The van der Waals surface area contributed by atoms with Crippen molar-refractivity contribution in [2.24, 2.45) is 15.9 Å². The van der Waals surface area contributed by atoms with Crippen LogP contribution in [-0.4, -0.2) is 34.2 Å². The molecule has 0 aliphatic heterocycles. The van der Waals surface area contributed by atoms with Crippen molar-refractivity contribution in [1.29, 1.82) is 0 Å². The molecule has 3 rings (SSSR count). The Labute approximate surface area is 166 Å². The van der Waals surface area contributed by atoms with Crippen LogP contribution in [0.2, 0.25) is 0 Å². The smallest absolute Gasteiger partial charge is 0.358 e. The minimum atomic E-state index is -0.469. The summed E-state index contributed by atoms with van der Waals surface area (Å²) in [4.78, 5) is 11.5. The Morgan fingerprint density at radius 3 is 2.64 bits per heavy atom. The molecule has 0 fully saturated rings. The highest BCUT2D eigenvalue weighted by atomic mass is 32.2. The van der Waals surface area contributed by atoms with Crippen LogP contribution < -0.4 is 5.73 Å². The lowest BCUT2D eigenvalue weighted by Crippen LogP contribution is -2.06. The van der Waals surface area contributed by atoms with E-state index >= 15 is 0 Å². The second kappa shape index (κ2) is 9.52. The fourth-order valence-corrected chi connectivity index (χ4v) is 2.92. The molecular weight excluding hydrogens is 374 g/mol. The summed E-state index contributed by atoms with van der Waals surface area (Å²) >= 11 is 1.44. The Hall–Kier alpha value is -3.39. The highest BCUT2D eigenvalue weighted by Crippen LogP contribution is 2.12. The number of rotatable bonds is 6. The first kappa shape index (κ1) is 19.4. The van der Waals surface area contributed by atoms with Crippen LogP contribution >= 0.6 is 11.8 Å². The summed E-state index contributed by atoms with van der Waals surface area (Å²) in [6.45, 7) is 0. The Balaban J connectivity index is 1.57. The molecule has 1 aromatic heterocycles. The van der Waals surface area contributed by atoms with E-state index in [0.717, 1.165) is 17.0 Å². The molecular formula is C20H19N5O2S. The normalized spacial score (nSPS) is 11.7. The molecule has 0 amide bonds. The van der Waals surface area contributed by atoms with E-state index in [2.05, 4.69) is 20.0 Å². The van der Waals surface area contributed by atoms with Gasteiger partial charge in [-0.25, -0.2) is 9.48 Å². The van der Waals surface area contributed by atoms with Crippen LogP contribution in [0.4, 0.5) is 0 Å². The number of methoxy groups -OCH3 is 1. The number of benzene rings is 2. The van der Waals surface area contributed by atoms with Crippen molar-refractivity contribution in [3.63, 3.8) is 0 Å². The van der Waals surface area contributed by atoms with Gasteiger partial charge in [-0.3, -0.25) is 0 Å². The molecule has 7 nitrogen and oxygen atoms in total. The fraction of sp³-hybridized carbons (Fsp3) is 0.100. The summed E-state index contributed by atoms with van der Waals surface area (Å²) in [6, 6.07) is 19.1. The van der Waals surface area contributed by atoms with Crippen molar-refractivity contribution in [2.45, 2.75) is 5.75 Å². The third-order valence-corrected chi connectivity index (χ3v) is 4.59. The van der Waals surface area contributed by atoms with Crippen LogP contribution in [0, 0.1) is 0 Å². The van der Waals surface area contributed by atoms with Crippen molar-refractivity contribution in [3.05, 3.63) is 83.7 Å². The molecule has 142 valence electrons. The van der Waals surface area contributed by atoms with E-state index < -0.39 is 5.97 Å². The van der Waals surface area contributed by atoms with Crippen molar-refractivity contribution in [3.8, 4) is 5.69 Å². The highest BCUT2D eigenvalue weighted by molar-refractivity contribution is 8.13. The van der Waals surface area contributed by atoms with E-state index in [1.165, 1.54) is 24.4 Å². The zero-order chi connectivity index (χ0) is 19.8. The van der Waals surface area contributed by atoms with Gasteiger partial charge in [-0.2, -0.15) is 10.2 Å². The number of esters is 1. The number of ether oxygens (including phenoxy) is 1. The highest BCUT2D eigenvalue weighted by Gasteiger charge is 2.09. The topological polar surface area (TPSA) is 94.9 Å². The van der Waals surface area contributed by atoms with E-state index in [-0.39, 0.29) is 5.69 Å². The van der Waals surface area contributed by atoms with Gasteiger partial charge < -0.3 is 10.5 Å². The van der Waals surface area contributed by atoms with Gasteiger partial charge in [0.05, 0.1) is 19.0 Å². The van der Waals surface area contributed by atoms with Crippen LogP contribution in [0.1, 0.15) is 21.6 Å². The van der Waals surface area contributed by atoms with Crippen LogP contribution in [0.3, 0.4) is 0 Å². The first-order valence-corrected chi connectivity index (χ1v) is 9.42. The number of hydrogen-bond donors (Lipinski definition) is 1. The Kier molecular flexibility index (Phi) is 6.59. The van der Waals surface area contributed by atoms with E-state index in [4.69, 9.17) is 5.73 Å². The largest absolute Gasteiger partial charge is 0.464 e. The Bertz CT molecular complexity index is 981. The summed E-state index contributed by atoms with van der Waals surface area (Å²) in [7, 11) is 1.32. The molecule has 0 bridgehead atoms. The molecule has 0 aliphatic carbocycles. The minimum absolute atomic E-state index is 0.256. The van der Waals surface area contributed by atoms with Crippen molar-refractivity contribution in [2.75, 3.05) is 7.11 Å². The maximum atomic E-state index is 11.5. The third kappa shape index (κ3) is 5.31. The SMILES string of the molecule is COC(=O)c1ccn(-c2ccc(C=NN=C(N)SCc3ccccc3)cc2)n1. The van der Waals surface area contributed by atoms with Gasteiger partial charge in [0, 0.05) is 11.9 Å². The number of nitrogens with zero attached hydrogens (tertiary/aromatic N) is 4. The number of aromatic nitrogens is 2. The van der Waals surface area contributed by atoms with E-state index in [9.17, 15) is 4.79 Å². The van der Waals surface area contributed by atoms with E-state index in [1.807, 2.05) is 54.6 Å². The van der Waals surface area contributed by atoms with Gasteiger partial charge in [0.25, 0.3) is 0 Å². The molecule has 28 heavy (non-hydrogen) atoms. The third-order valence-electron chi connectivity index (χ3n) is 3.73. The van der Waals surface area contributed by atoms with Gasteiger partial charge in [-0.05, 0) is 29.3 Å². The zero-order valence-electron chi connectivity index (χ0n) is 15.2. The number of nitrogens with two attached hydrogens (primary N) is 1. The summed E-state index contributed by atoms with van der Waals surface area (Å²) in [5.41, 5.74) is 8.99. The first-order chi connectivity index (χ1) is 13.7. The second-order valence-electron chi connectivity index (χ2n) is 5.69. The van der Waals surface area contributed by atoms with Gasteiger partial charge in [-0.1, -0.05) is 54.2 Å². The van der Waals surface area contributed by atoms with Gasteiger partial charge in [0.15, 0.2) is 10.9 Å². The number of amidine groups is 1. The number of hydrogen-bond acceptors (Lipinski definition) is 6. The standard InChI is InChI=1S/C20H19N5O2S/c1-27-19(26)18-11-12-25(24-18)17-9-7-15(8-10-17)13-22-23-20(21)28-14-16-5-3-2-4-6-16/h2-13H,14H2,1H3,(H2,21,23). The average Bonchev–Trinajstić information content (AvgIpc) is 3.23. The van der Waals surface area contributed by atoms with Crippen LogP contribution in [0.25, 0.3) is 5.69 Å². The summed E-state index contributed by atoms with van der Waals surface area (Å²) in [6.07, 6.45) is 3.33. The van der Waals surface area contributed by atoms with Crippen LogP contribution in [0.5, 0.6) is 0 Å². The average molecular weight is 393 g/mol. The number of thioether (sulfide) groups is 1. The van der Waals surface area contributed by atoms with Crippen LogP contribution in [0.15, 0.2) is 77.1 Å². The quantitative estimate of drug-likeness (QED) is 0.300. The first-order valence-electron chi connectivity index (χ1n) is 8.43. The molecule has 1 heterocycles. The van der Waals surface area contributed by atoms with Crippen LogP contribution in [-0.2, 0) is 10.5 Å². The van der Waals surface area contributed by atoms with Gasteiger partial charge in [-0.15, -0.1) is 5.10 Å². The molecule has 0 saturated carbocycles. The Morgan fingerprint density at radius 2 is 1.93 bits per heavy atom. The molecule has 0 atom stereocenters. The van der Waals surface area contributed by atoms with Crippen molar-refractivity contribution >= 4 is 29.1 Å². The van der Waals surface area contributed by atoms with Gasteiger partial charge >= 0.3 is 5.97 Å². The minimum Gasteiger partial charge on any atom is -0.464 e. The van der Waals surface area contributed by atoms with Gasteiger partial charge in [0.2, 0.25) is 0 Å². The maximum absolute atomic E-state index is 11.5. The maximum Gasteiger partial charge on any atom is 0.358 e. The lowest BCUT2D eigenvalue weighted by molar-refractivity contribution is 0.0593. The lowest BCUT2D eigenvalue weighted by Gasteiger charge is -2.01. The molecule has 3 aromatic rings. The molecule has 0 saturated heterocycles. The van der Waals surface area contributed by atoms with Crippen molar-refractivity contribution in [1.82, 2.24) is 9.78 Å². The van der Waals surface area contributed by atoms with Gasteiger partial charge in [0.1, 0.15) is 0 Å². The predicted octanol–water partition coefficient (Wildman–Crippen LogP) is 3.24. The zero-order valence-corrected chi connectivity index (χ0v) is 16.0. The summed E-state index contributed by atoms with van der Waals surface area (Å²) in [5.74, 6) is 0.278. The molecule has 0 spiro atoms.